The van der Waals surface area contributed by atoms with Crippen molar-refractivity contribution in [2.45, 2.75) is 73.4 Å². The van der Waals surface area contributed by atoms with Crippen molar-refractivity contribution in [2.24, 2.45) is 5.41 Å². The molecule has 1 radical (unpaired) electrons. The average Bonchev–Trinajstić information content (AvgIpc) is 3.40. The van der Waals surface area contributed by atoms with Gasteiger partial charge in [0.1, 0.15) is 11.5 Å². The zero-order valence-corrected chi connectivity index (χ0v) is 29.3. The number of rotatable bonds is 5. The van der Waals surface area contributed by atoms with E-state index in [1.165, 1.54) is 16.7 Å². The van der Waals surface area contributed by atoms with Crippen LogP contribution >= 0.6 is 0 Å². The molecule has 0 saturated carbocycles. The maximum absolute atomic E-state index is 6.47. The fourth-order valence-electron chi connectivity index (χ4n) is 3.92. The molecule has 0 saturated heterocycles. The first-order valence-corrected chi connectivity index (χ1v) is 16.6. The number of hydrogen-bond acceptors (Lipinski definition) is 1. The summed E-state index contributed by atoms with van der Waals surface area (Å²) in [6, 6.07) is 29.2. The van der Waals surface area contributed by atoms with Crippen molar-refractivity contribution in [3.05, 3.63) is 137 Å². The van der Waals surface area contributed by atoms with E-state index in [1.54, 1.807) is 0 Å². The van der Waals surface area contributed by atoms with Crippen molar-refractivity contribution in [3.8, 4) is 5.75 Å². The van der Waals surface area contributed by atoms with E-state index in [1.807, 2.05) is 36.4 Å². The smallest absolute Gasteiger partial charge is 0.138 e. The van der Waals surface area contributed by atoms with Crippen LogP contribution < -0.4 is 4.74 Å². The molecule has 215 valence electrons. The molecule has 3 aromatic carbocycles. The Morgan fingerprint density at radius 3 is 1.76 bits per heavy atom. The molecule has 0 unspecified atom stereocenters. The molecule has 0 aromatic heterocycles. The van der Waals surface area contributed by atoms with Gasteiger partial charge in [0.05, 0.1) is 0 Å². The molecule has 0 amide bonds. The second-order valence-corrected chi connectivity index (χ2v) is 13.2. The summed E-state index contributed by atoms with van der Waals surface area (Å²) in [6.07, 6.45) is 12.7. The van der Waals surface area contributed by atoms with E-state index in [0.29, 0.717) is 0 Å². The van der Waals surface area contributed by atoms with Crippen LogP contribution in [-0.2, 0) is 27.1 Å². The van der Waals surface area contributed by atoms with Crippen LogP contribution in [-0.4, -0.2) is 9.52 Å². The average molecular weight is 597 g/mol. The third-order valence-corrected chi connectivity index (χ3v) is 6.14. The van der Waals surface area contributed by atoms with E-state index in [4.69, 9.17) is 4.74 Å². The van der Waals surface area contributed by atoms with Gasteiger partial charge in [0.2, 0.25) is 0 Å². The number of para-hydroxylation sites is 1. The van der Waals surface area contributed by atoms with Gasteiger partial charge in [-0.3, -0.25) is 6.08 Å². The zero-order valence-electron chi connectivity index (χ0n) is 26.6. The third-order valence-electron chi connectivity index (χ3n) is 6.14. The largest absolute Gasteiger partial charge is 0.456 e. The van der Waals surface area contributed by atoms with Crippen LogP contribution in [0.1, 0.15) is 71.6 Å². The Hall–Kier alpha value is -2.65. The summed E-state index contributed by atoms with van der Waals surface area (Å²) in [7, 11) is 0.750. The predicted octanol–water partition coefficient (Wildman–Crippen LogP) is 10.7. The second-order valence-electron chi connectivity index (χ2n) is 12.0. The van der Waals surface area contributed by atoms with Gasteiger partial charge in [0.15, 0.2) is 0 Å². The normalized spacial score (nSPS) is 13.1. The molecular weight excluding hydrogens is 548 g/mol. The van der Waals surface area contributed by atoms with Crippen molar-refractivity contribution in [1.82, 2.24) is 0 Å². The maximum atomic E-state index is 6.47. The first-order valence-electron chi connectivity index (χ1n) is 14.3. The summed E-state index contributed by atoms with van der Waals surface area (Å²) in [5, 5.41) is 0. The molecule has 1 aliphatic carbocycles. The molecule has 1 nitrogen and oxygen atoms in total. The molecule has 41 heavy (non-hydrogen) atoms. The van der Waals surface area contributed by atoms with Gasteiger partial charge in [-0.1, -0.05) is 147 Å². The zero-order chi connectivity index (χ0) is 29.6. The topological polar surface area (TPSA) is 9.23 Å². The standard InChI is InChI=1S/C30H34O.C6H7.C2H7Si.Ti/c1-29(2,3)25-20-17-23(18-21-25)19-22-27(30(4,5)6)28(24-13-9-7-10-14-24)31-26-15-11-8-12-16-26;1-6-4-2-3-5-6;1-3-2;/h7-22H,1-6H3;2,4H,3H2,1H3;3H,1-2H3;/q;-1;;. The van der Waals surface area contributed by atoms with Crippen molar-refractivity contribution in [1.29, 1.82) is 0 Å². The van der Waals surface area contributed by atoms with Gasteiger partial charge in [-0.05, 0) is 34.1 Å². The van der Waals surface area contributed by atoms with Gasteiger partial charge in [-0.2, -0.15) is 6.08 Å². The fourth-order valence-corrected chi connectivity index (χ4v) is 3.92. The molecule has 0 heterocycles. The summed E-state index contributed by atoms with van der Waals surface area (Å²) < 4.78 is 6.47. The van der Waals surface area contributed by atoms with Gasteiger partial charge < -0.3 is 4.74 Å². The number of allylic oxidation sites excluding steroid dienone is 6. The van der Waals surface area contributed by atoms with E-state index in [0.717, 1.165) is 38.6 Å². The third kappa shape index (κ3) is 13.3. The monoisotopic (exact) mass is 596 g/mol. The van der Waals surface area contributed by atoms with E-state index >= 15 is 0 Å². The second kappa shape index (κ2) is 18.0. The summed E-state index contributed by atoms with van der Waals surface area (Å²) >= 11 is 0. The molecule has 1 aliphatic rings. The van der Waals surface area contributed by atoms with Gasteiger partial charge in [0.25, 0.3) is 0 Å². The molecule has 4 rings (SSSR count). The quantitative estimate of drug-likeness (QED) is 0.123. The minimum absolute atomic E-state index is 0. The van der Waals surface area contributed by atoms with Crippen molar-refractivity contribution in [3.63, 3.8) is 0 Å². The number of hydrogen-bond donors (Lipinski definition) is 0. The van der Waals surface area contributed by atoms with Gasteiger partial charge >= 0.3 is 0 Å². The van der Waals surface area contributed by atoms with E-state index < -0.39 is 0 Å². The first-order chi connectivity index (χ1) is 19.0. The number of ether oxygens (including phenoxy) is 1. The molecule has 0 atom stereocenters. The van der Waals surface area contributed by atoms with Gasteiger partial charge in [-0.15, -0.1) is 6.42 Å². The van der Waals surface area contributed by atoms with Crippen LogP contribution in [0.3, 0.4) is 0 Å². The number of benzene rings is 3. The Kier molecular flexibility index (Phi) is 16.0. The van der Waals surface area contributed by atoms with E-state index in [2.05, 4.69) is 140 Å². The molecule has 0 fully saturated rings. The van der Waals surface area contributed by atoms with Gasteiger partial charge in [0, 0.05) is 42.4 Å². The summed E-state index contributed by atoms with van der Waals surface area (Å²) in [6.45, 7) is 19.9. The minimum atomic E-state index is -0.0954. The Balaban J connectivity index is 0.000000722. The van der Waals surface area contributed by atoms with E-state index in [-0.39, 0.29) is 32.5 Å². The van der Waals surface area contributed by atoms with Crippen LogP contribution in [0.15, 0.2) is 114 Å². The van der Waals surface area contributed by atoms with Crippen LogP contribution in [0.4, 0.5) is 0 Å². The maximum Gasteiger partial charge on any atom is 0.138 e. The Labute approximate surface area is 268 Å². The van der Waals surface area contributed by atoms with Crippen molar-refractivity contribution < 1.29 is 26.5 Å². The van der Waals surface area contributed by atoms with E-state index in [9.17, 15) is 0 Å². The Morgan fingerprint density at radius 2 is 1.34 bits per heavy atom. The molecule has 0 aliphatic heterocycles. The van der Waals surface area contributed by atoms with Crippen LogP contribution in [0.2, 0.25) is 13.1 Å². The van der Waals surface area contributed by atoms with Gasteiger partial charge in [-0.25, -0.2) is 11.6 Å². The Bertz CT molecular complexity index is 1270. The van der Waals surface area contributed by atoms with Crippen molar-refractivity contribution in [2.75, 3.05) is 0 Å². The van der Waals surface area contributed by atoms with Crippen LogP contribution in [0.25, 0.3) is 11.8 Å². The molecule has 0 spiro atoms. The minimum Gasteiger partial charge on any atom is -0.456 e. The summed E-state index contributed by atoms with van der Waals surface area (Å²) in [5.74, 6) is 1.73. The molecular formula is C38H48OSiTi-. The Morgan fingerprint density at radius 1 is 0.805 bits per heavy atom. The molecule has 3 heteroatoms. The fraction of sp³-hybridized carbons (Fsp3) is 0.316. The summed E-state index contributed by atoms with van der Waals surface area (Å²) in [4.78, 5) is 0. The molecule has 0 N–H and O–H groups in total. The SMILES string of the molecule is CC(C)(C)C(C=Cc1ccc(C(C)(C)C)cc1)=C(Oc1ccccc1)c1ccccc1.CC1=[C-]CC=C1.C[SiH]C.[Ti]. The molecule has 0 bridgehead atoms. The van der Waals surface area contributed by atoms with Crippen LogP contribution in [0, 0.1) is 11.5 Å². The van der Waals surface area contributed by atoms with Crippen molar-refractivity contribution >= 4 is 21.4 Å². The van der Waals surface area contributed by atoms with Crippen LogP contribution in [0.5, 0.6) is 5.75 Å². The first kappa shape index (κ1) is 36.4. The predicted molar refractivity (Wildman–Crippen MR) is 179 cm³/mol. The molecule has 3 aromatic rings. The summed E-state index contributed by atoms with van der Waals surface area (Å²) in [5.41, 5.74) is 6.09.